The summed E-state index contributed by atoms with van der Waals surface area (Å²) in [6.07, 6.45) is 7.22. The predicted octanol–water partition coefficient (Wildman–Crippen LogP) is 1.97. The van der Waals surface area contributed by atoms with E-state index in [1.165, 1.54) is 25.7 Å². The average Bonchev–Trinajstić information content (AvgIpc) is 3.06. The molecule has 21 heavy (non-hydrogen) atoms. The second-order valence-corrected chi connectivity index (χ2v) is 7.08. The van der Waals surface area contributed by atoms with Gasteiger partial charge in [-0.05, 0) is 32.8 Å². The molecule has 1 aromatic heterocycles. The Balaban J connectivity index is 1.62. The minimum absolute atomic E-state index is 0.0798. The molecule has 1 aliphatic heterocycles. The van der Waals surface area contributed by atoms with Crippen molar-refractivity contribution in [2.45, 2.75) is 63.8 Å². The summed E-state index contributed by atoms with van der Waals surface area (Å²) in [6, 6.07) is 2.74. The van der Waals surface area contributed by atoms with E-state index in [-0.39, 0.29) is 18.3 Å². The van der Waals surface area contributed by atoms with Gasteiger partial charge in [-0.1, -0.05) is 12.8 Å². The fourth-order valence-electron chi connectivity index (χ4n) is 3.70. The molecular weight excluding hydrogens is 266 g/mol. The molecule has 1 N–H and O–H groups in total. The van der Waals surface area contributed by atoms with Crippen LogP contribution in [0.25, 0.3) is 0 Å². The van der Waals surface area contributed by atoms with E-state index in [0.29, 0.717) is 6.04 Å². The van der Waals surface area contributed by atoms with Crippen LogP contribution in [-0.2, 0) is 11.3 Å². The summed E-state index contributed by atoms with van der Waals surface area (Å²) < 4.78 is 8.01. The molecule has 2 aliphatic rings. The Morgan fingerprint density at radius 2 is 2.14 bits per heavy atom. The molecule has 1 saturated carbocycles. The van der Waals surface area contributed by atoms with E-state index < -0.39 is 0 Å². The third-order valence-electron chi connectivity index (χ3n) is 4.50. The quantitative estimate of drug-likeness (QED) is 0.922. The van der Waals surface area contributed by atoms with Crippen molar-refractivity contribution >= 4 is 0 Å². The second-order valence-electron chi connectivity index (χ2n) is 7.08. The van der Waals surface area contributed by atoms with Crippen LogP contribution >= 0.6 is 0 Å². The monoisotopic (exact) mass is 293 g/mol. The first-order valence-corrected chi connectivity index (χ1v) is 8.11. The highest BCUT2D eigenvalue weighted by atomic mass is 16.5. The van der Waals surface area contributed by atoms with E-state index in [4.69, 9.17) is 9.84 Å². The van der Waals surface area contributed by atoms with Gasteiger partial charge in [-0.2, -0.15) is 5.10 Å². The largest absolute Gasteiger partial charge is 0.394 e. The topological polar surface area (TPSA) is 50.5 Å². The molecule has 0 aromatic carbocycles. The molecule has 0 spiro atoms. The van der Waals surface area contributed by atoms with Crippen molar-refractivity contribution in [2.75, 3.05) is 19.7 Å². The van der Waals surface area contributed by atoms with E-state index in [2.05, 4.69) is 35.7 Å². The molecular formula is C16H27N3O2. The second kappa shape index (κ2) is 6.07. The van der Waals surface area contributed by atoms with Crippen molar-refractivity contribution in [3.8, 4) is 0 Å². The maximum absolute atomic E-state index is 9.38. The van der Waals surface area contributed by atoms with Crippen LogP contribution < -0.4 is 0 Å². The fraction of sp³-hybridized carbons (Fsp3) is 0.812. The lowest BCUT2D eigenvalue weighted by atomic mass is 10.1. The van der Waals surface area contributed by atoms with E-state index in [9.17, 15) is 5.11 Å². The van der Waals surface area contributed by atoms with Crippen molar-refractivity contribution < 1.29 is 9.84 Å². The summed E-state index contributed by atoms with van der Waals surface area (Å²) in [7, 11) is 0. The molecule has 2 fully saturated rings. The molecule has 118 valence electrons. The maximum atomic E-state index is 9.38. The van der Waals surface area contributed by atoms with E-state index in [1.54, 1.807) is 0 Å². The highest BCUT2D eigenvalue weighted by molar-refractivity contribution is 5.01. The molecule has 1 unspecified atom stereocenters. The average molecular weight is 293 g/mol. The Hall–Kier alpha value is -0.910. The smallest absolute Gasteiger partial charge is 0.0940 e. The van der Waals surface area contributed by atoms with Crippen molar-refractivity contribution in [1.82, 2.24) is 14.7 Å². The van der Waals surface area contributed by atoms with Crippen molar-refractivity contribution in [2.24, 2.45) is 0 Å². The van der Waals surface area contributed by atoms with Crippen molar-refractivity contribution in [3.63, 3.8) is 0 Å². The van der Waals surface area contributed by atoms with Gasteiger partial charge < -0.3 is 9.84 Å². The Bertz CT molecular complexity index is 466. The van der Waals surface area contributed by atoms with Crippen LogP contribution in [0.4, 0.5) is 0 Å². The lowest BCUT2D eigenvalue weighted by Gasteiger charge is -2.42. The molecule has 1 aliphatic carbocycles. The molecule has 2 heterocycles. The van der Waals surface area contributed by atoms with Crippen LogP contribution in [0.5, 0.6) is 0 Å². The minimum Gasteiger partial charge on any atom is -0.394 e. The fourth-order valence-corrected chi connectivity index (χ4v) is 3.70. The maximum Gasteiger partial charge on any atom is 0.0940 e. The summed E-state index contributed by atoms with van der Waals surface area (Å²) >= 11 is 0. The van der Waals surface area contributed by atoms with Crippen LogP contribution in [0.2, 0.25) is 0 Å². The summed E-state index contributed by atoms with van der Waals surface area (Å²) in [5, 5.41) is 14.1. The van der Waals surface area contributed by atoms with Gasteiger partial charge in [0.15, 0.2) is 0 Å². The third-order valence-corrected chi connectivity index (χ3v) is 4.50. The van der Waals surface area contributed by atoms with Gasteiger partial charge >= 0.3 is 0 Å². The van der Waals surface area contributed by atoms with Crippen LogP contribution in [0.3, 0.4) is 0 Å². The number of aromatic nitrogens is 2. The zero-order valence-corrected chi connectivity index (χ0v) is 13.2. The normalized spacial score (nSPS) is 27.3. The lowest BCUT2D eigenvalue weighted by Crippen LogP contribution is -2.53. The van der Waals surface area contributed by atoms with E-state index in [1.807, 2.05) is 0 Å². The van der Waals surface area contributed by atoms with Gasteiger partial charge in [0.05, 0.1) is 30.0 Å². The van der Waals surface area contributed by atoms with Crippen LogP contribution in [0.1, 0.15) is 51.3 Å². The van der Waals surface area contributed by atoms with Crippen LogP contribution in [-0.4, -0.2) is 51.2 Å². The summed E-state index contributed by atoms with van der Waals surface area (Å²) in [4.78, 5) is 2.34. The van der Waals surface area contributed by atoms with Gasteiger partial charge in [-0.15, -0.1) is 0 Å². The standard InChI is InChI=1S/C16H27N3O2/c1-16(2)12-18(10-15(11-20)21-16)9-13-7-8-19(17-13)14-5-3-4-6-14/h7-8,14-15,20H,3-6,9-12H2,1-2H3. The first-order chi connectivity index (χ1) is 10.1. The lowest BCUT2D eigenvalue weighted by molar-refractivity contribution is -0.150. The van der Waals surface area contributed by atoms with Gasteiger partial charge in [-0.3, -0.25) is 9.58 Å². The van der Waals surface area contributed by atoms with Gasteiger partial charge in [0, 0.05) is 25.8 Å². The Morgan fingerprint density at radius 3 is 2.86 bits per heavy atom. The van der Waals surface area contributed by atoms with Gasteiger partial charge in [0.2, 0.25) is 0 Å². The number of aliphatic hydroxyl groups excluding tert-OH is 1. The van der Waals surface area contributed by atoms with Crippen molar-refractivity contribution in [1.29, 1.82) is 0 Å². The highest BCUT2D eigenvalue weighted by Gasteiger charge is 2.33. The molecule has 5 heteroatoms. The molecule has 0 radical (unpaired) electrons. The first kappa shape index (κ1) is 15.0. The third kappa shape index (κ3) is 3.65. The predicted molar refractivity (Wildman–Crippen MR) is 81.0 cm³/mol. The molecule has 1 atom stereocenters. The van der Waals surface area contributed by atoms with Gasteiger partial charge in [0.1, 0.15) is 0 Å². The number of nitrogens with zero attached hydrogens (tertiary/aromatic N) is 3. The number of aliphatic hydroxyl groups is 1. The number of hydrogen-bond donors (Lipinski definition) is 1. The Kier molecular flexibility index (Phi) is 4.33. The van der Waals surface area contributed by atoms with Crippen molar-refractivity contribution in [3.05, 3.63) is 18.0 Å². The van der Waals surface area contributed by atoms with E-state index >= 15 is 0 Å². The molecule has 0 bridgehead atoms. The summed E-state index contributed by atoms with van der Waals surface area (Å²) in [5.74, 6) is 0. The first-order valence-electron chi connectivity index (χ1n) is 8.11. The van der Waals surface area contributed by atoms with Crippen LogP contribution in [0, 0.1) is 0 Å². The Labute approximate surface area is 126 Å². The molecule has 5 nitrogen and oxygen atoms in total. The molecule has 1 saturated heterocycles. The molecule has 3 rings (SSSR count). The molecule has 1 aromatic rings. The zero-order chi connectivity index (χ0) is 14.9. The summed E-state index contributed by atoms with van der Waals surface area (Å²) in [6.45, 7) is 6.73. The highest BCUT2D eigenvalue weighted by Crippen LogP contribution is 2.29. The van der Waals surface area contributed by atoms with Gasteiger partial charge in [0.25, 0.3) is 0 Å². The number of morpholine rings is 1. The Morgan fingerprint density at radius 1 is 1.38 bits per heavy atom. The number of hydrogen-bond acceptors (Lipinski definition) is 4. The molecule has 0 amide bonds. The number of ether oxygens (including phenoxy) is 1. The van der Waals surface area contributed by atoms with Gasteiger partial charge in [-0.25, -0.2) is 0 Å². The minimum atomic E-state index is -0.209. The summed E-state index contributed by atoms with van der Waals surface area (Å²) in [5.41, 5.74) is 0.913. The van der Waals surface area contributed by atoms with Crippen LogP contribution in [0.15, 0.2) is 12.3 Å². The SMILES string of the molecule is CC1(C)CN(Cc2ccn(C3CCCC3)n2)CC(CO)O1. The zero-order valence-electron chi connectivity index (χ0n) is 13.2. The number of rotatable bonds is 4. The van der Waals surface area contributed by atoms with E-state index in [0.717, 1.165) is 25.3 Å².